The van der Waals surface area contributed by atoms with Crippen LogP contribution < -0.4 is 9.62 Å². The van der Waals surface area contributed by atoms with E-state index in [1.807, 2.05) is 37.3 Å². The summed E-state index contributed by atoms with van der Waals surface area (Å²) in [5.74, 6) is -0.803. The van der Waals surface area contributed by atoms with Gasteiger partial charge in [0.05, 0.1) is 17.0 Å². The minimum absolute atomic E-state index is 0.167. The second-order valence-corrected chi connectivity index (χ2v) is 9.51. The molecule has 7 nitrogen and oxygen atoms in total. The molecule has 0 fully saturated rings. The smallest absolute Gasteiger partial charge is 0.244 e. The molecule has 1 atom stereocenters. The molecule has 0 radical (unpaired) electrons. The molecule has 0 aliphatic heterocycles. The van der Waals surface area contributed by atoms with Crippen LogP contribution in [0.5, 0.6) is 0 Å². The number of nitrogens with zero attached hydrogens (tertiary/aromatic N) is 2. The largest absolute Gasteiger partial charge is 0.354 e. The van der Waals surface area contributed by atoms with Crippen molar-refractivity contribution in [3.05, 3.63) is 65.2 Å². The number of carbonyl (C=O) groups excluding carboxylic acids is 2. The molecule has 0 aliphatic carbocycles. The number of amides is 2. The molecule has 9 heteroatoms. The highest BCUT2D eigenvalue weighted by Crippen LogP contribution is 2.27. The lowest BCUT2D eigenvalue weighted by molar-refractivity contribution is -0.139. The Kier molecular flexibility index (Phi) is 8.88. The maximum absolute atomic E-state index is 13.3. The first-order chi connectivity index (χ1) is 14.6. The number of para-hydroxylation sites is 1. The molecule has 168 valence electrons. The zero-order chi connectivity index (χ0) is 23.0. The highest BCUT2D eigenvalue weighted by molar-refractivity contribution is 7.92. The predicted octanol–water partition coefficient (Wildman–Crippen LogP) is 3.05. The van der Waals surface area contributed by atoms with Crippen LogP contribution in [0.3, 0.4) is 0 Å². The molecule has 0 aliphatic rings. The quantitative estimate of drug-likeness (QED) is 0.584. The minimum Gasteiger partial charge on any atom is -0.354 e. The fourth-order valence-electron chi connectivity index (χ4n) is 3.01. The number of benzene rings is 2. The van der Waals surface area contributed by atoms with Gasteiger partial charge < -0.3 is 10.2 Å². The summed E-state index contributed by atoms with van der Waals surface area (Å²) < 4.78 is 25.9. The van der Waals surface area contributed by atoms with Crippen LogP contribution in [-0.2, 0) is 26.2 Å². The Morgan fingerprint density at radius 3 is 2.26 bits per heavy atom. The van der Waals surface area contributed by atoms with Gasteiger partial charge in [0.2, 0.25) is 21.8 Å². The van der Waals surface area contributed by atoms with Crippen molar-refractivity contribution in [2.24, 2.45) is 0 Å². The monoisotopic (exact) mass is 465 g/mol. The van der Waals surface area contributed by atoms with Gasteiger partial charge in [0.1, 0.15) is 12.6 Å². The van der Waals surface area contributed by atoms with Crippen molar-refractivity contribution in [2.75, 3.05) is 23.7 Å². The lowest BCUT2D eigenvalue weighted by Crippen LogP contribution is -2.51. The zero-order valence-electron chi connectivity index (χ0n) is 17.9. The van der Waals surface area contributed by atoms with Gasteiger partial charge in [-0.25, -0.2) is 8.42 Å². The molecule has 1 N–H and O–H groups in total. The third-order valence-electron chi connectivity index (χ3n) is 4.71. The van der Waals surface area contributed by atoms with E-state index < -0.39 is 28.5 Å². The third kappa shape index (κ3) is 6.97. The highest BCUT2D eigenvalue weighted by Gasteiger charge is 2.30. The first kappa shape index (κ1) is 24.7. The maximum Gasteiger partial charge on any atom is 0.244 e. The standard InChI is InChI=1S/C22H28ClN3O4S/c1-4-14-24-22(28)17(2)25(15-18-10-6-5-7-11-18)21(27)16-26(31(3,29)30)20-13-9-8-12-19(20)23/h5-13,17H,4,14-16H2,1-3H3,(H,24,28)/t17-/m0/s1. The molecule has 0 saturated carbocycles. The van der Waals surface area contributed by atoms with Crippen molar-refractivity contribution in [2.45, 2.75) is 32.9 Å². The van der Waals surface area contributed by atoms with Crippen molar-refractivity contribution in [1.82, 2.24) is 10.2 Å². The highest BCUT2D eigenvalue weighted by atomic mass is 35.5. The van der Waals surface area contributed by atoms with Crippen LogP contribution in [0.25, 0.3) is 0 Å². The van der Waals surface area contributed by atoms with Crippen LogP contribution in [0.15, 0.2) is 54.6 Å². The van der Waals surface area contributed by atoms with Gasteiger partial charge >= 0.3 is 0 Å². The van der Waals surface area contributed by atoms with E-state index in [-0.39, 0.29) is 23.2 Å². The Morgan fingerprint density at radius 2 is 1.68 bits per heavy atom. The Labute approximate surface area is 189 Å². The topological polar surface area (TPSA) is 86.8 Å². The number of nitrogens with one attached hydrogen (secondary N) is 1. The molecule has 2 rings (SSSR count). The molecular formula is C22H28ClN3O4S. The van der Waals surface area contributed by atoms with Crippen molar-refractivity contribution in [1.29, 1.82) is 0 Å². The summed E-state index contributed by atoms with van der Waals surface area (Å²) in [5.41, 5.74) is 1.04. The van der Waals surface area contributed by atoms with Crippen LogP contribution in [0.2, 0.25) is 5.02 Å². The lowest BCUT2D eigenvalue weighted by Gasteiger charge is -2.31. The summed E-state index contributed by atoms with van der Waals surface area (Å²) >= 11 is 6.19. The van der Waals surface area contributed by atoms with E-state index in [0.717, 1.165) is 22.5 Å². The number of sulfonamides is 1. The van der Waals surface area contributed by atoms with Gasteiger partial charge in [0.15, 0.2) is 0 Å². The molecule has 0 spiro atoms. The van der Waals surface area contributed by atoms with Crippen molar-refractivity contribution >= 4 is 39.1 Å². The molecule has 0 saturated heterocycles. The molecule has 0 aromatic heterocycles. The normalized spacial score (nSPS) is 12.1. The summed E-state index contributed by atoms with van der Waals surface area (Å²) in [6.07, 6.45) is 1.78. The number of hydrogen-bond acceptors (Lipinski definition) is 4. The van der Waals surface area contributed by atoms with Crippen LogP contribution in [0.4, 0.5) is 5.69 Å². The molecular weight excluding hydrogens is 438 g/mol. The zero-order valence-corrected chi connectivity index (χ0v) is 19.5. The number of rotatable bonds is 10. The fourth-order valence-corrected chi connectivity index (χ4v) is 4.16. The lowest BCUT2D eigenvalue weighted by atomic mass is 10.1. The molecule has 0 heterocycles. The average molecular weight is 466 g/mol. The second kappa shape index (κ2) is 11.2. The van der Waals surface area contributed by atoms with Gasteiger partial charge in [0, 0.05) is 13.1 Å². The van der Waals surface area contributed by atoms with Gasteiger partial charge in [-0.3, -0.25) is 13.9 Å². The SMILES string of the molecule is CCCNC(=O)[C@H](C)N(Cc1ccccc1)C(=O)CN(c1ccccc1Cl)S(C)(=O)=O. The van der Waals surface area contributed by atoms with Gasteiger partial charge in [0.25, 0.3) is 0 Å². The number of halogens is 1. The van der Waals surface area contributed by atoms with Crippen molar-refractivity contribution in [3.8, 4) is 0 Å². The Hall–Kier alpha value is -2.58. The van der Waals surface area contributed by atoms with E-state index in [0.29, 0.717) is 6.54 Å². The summed E-state index contributed by atoms with van der Waals surface area (Å²) in [4.78, 5) is 27.3. The average Bonchev–Trinajstić information content (AvgIpc) is 2.74. The van der Waals surface area contributed by atoms with Crippen LogP contribution >= 0.6 is 11.6 Å². The van der Waals surface area contributed by atoms with E-state index in [4.69, 9.17) is 11.6 Å². The number of anilines is 1. The molecule has 2 aromatic rings. The van der Waals surface area contributed by atoms with Gasteiger partial charge in [-0.15, -0.1) is 0 Å². The van der Waals surface area contributed by atoms with E-state index in [1.54, 1.807) is 25.1 Å². The fraction of sp³-hybridized carbons (Fsp3) is 0.364. The predicted molar refractivity (Wildman–Crippen MR) is 123 cm³/mol. The summed E-state index contributed by atoms with van der Waals surface area (Å²) in [7, 11) is -3.80. The van der Waals surface area contributed by atoms with Gasteiger partial charge in [-0.1, -0.05) is 61.0 Å². The minimum atomic E-state index is -3.80. The van der Waals surface area contributed by atoms with Crippen molar-refractivity contribution in [3.63, 3.8) is 0 Å². The van der Waals surface area contributed by atoms with Crippen LogP contribution in [-0.4, -0.2) is 50.5 Å². The first-order valence-corrected chi connectivity index (χ1v) is 12.2. The first-order valence-electron chi connectivity index (χ1n) is 9.98. The Morgan fingerprint density at radius 1 is 1.06 bits per heavy atom. The maximum atomic E-state index is 13.3. The molecule has 0 bridgehead atoms. The van der Waals surface area contributed by atoms with Gasteiger partial charge in [-0.05, 0) is 31.0 Å². The molecule has 31 heavy (non-hydrogen) atoms. The van der Waals surface area contributed by atoms with Crippen LogP contribution in [0.1, 0.15) is 25.8 Å². The van der Waals surface area contributed by atoms with Crippen LogP contribution in [0, 0.1) is 0 Å². The van der Waals surface area contributed by atoms with E-state index in [1.165, 1.54) is 11.0 Å². The molecule has 0 unspecified atom stereocenters. The summed E-state index contributed by atoms with van der Waals surface area (Å²) in [6, 6.07) is 14.9. The summed E-state index contributed by atoms with van der Waals surface area (Å²) in [6.45, 7) is 3.75. The molecule has 2 amide bonds. The third-order valence-corrected chi connectivity index (χ3v) is 6.16. The second-order valence-electron chi connectivity index (χ2n) is 7.20. The van der Waals surface area contributed by atoms with E-state index >= 15 is 0 Å². The number of carbonyl (C=O) groups is 2. The molecule has 2 aromatic carbocycles. The van der Waals surface area contributed by atoms with Crippen molar-refractivity contribution < 1.29 is 18.0 Å². The summed E-state index contributed by atoms with van der Waals surface area (Å²) in [5, 5.41) is 3.00. The Balaban J connectivity index is 2.35. The number of hydrogen-bond donors (Lipinski definition) is 1. The van der Waals surface area contributed by atoms with Gasteiger partial charge in [-0.2, -0.15) is 0 Å². The van der Waals surface area contributed by atoms with E-state index in [9.17, 15) is 18.0 Å². The van der Waals surface area contributed by atoms with E-state index in [2.05, 4.69) is 5.32 Å². The Bertz CT molecular complexity index is 999.